The maximum Gasteiger partial charge on any atom is 0.534 e. The van der Waals surface area contributed by atoms with Crippen molar-refractivity contribution >= 4 is 22.2 Å². The van der Waals surface area contributed by atoms with Gasteiger partial charge in [0.05, 0.1) is 13.7 Å². The lowest BCUT2D eigenvalue weighted by Gasteiger charge is -2.21. The van der Waals surface area contributed by atoms with Crippen molar-refractivity contribution in [2.45, 2.75) is 18.2 Å². The SMILES string of the molecule is COC(=O)[C@H]1C=C(OS(=O)(=O)C(F)(F)F)CN1C(=O)OCc1ccccc1. The topological polar surface area (TPSA) is 99.2 Å². The van der Waals surface area contributed by atoms with Gasteiger partial charge in [-0.05, 0) is 11.6 Å². The van der Waals surface area contributed by atoms with E-state index in [0.29, 0.717) is 10.5 Å². The van der Waals surface area contributed by atoms with E-state index in [4.69, 9.17) is 4.74 Å². The molecule has 1 amide bonds. The molecule has 8 nitrogen and oxygen atoms in total. The molecule has 0 saturated heterocycles. The molecule has 12 heteroatoms. The van der Waals surface area contributed by atoms with E-state index in [-0.39, 0.29) is 6.61 Å². The first-order valence-corrected chi connectivity index (χ1v) is 8.72. The maximum atomic E-state index is 12.4. The molecule has 0 radical (unpaired) electrons. The molecule has 1 aromatic carbocycles. The number of amides is 1. The number of hydrogen-bond acceptors (Lipinski definition) is 7. The Morgan fingerprint density at radius 2 is 1.85 bits per heavy atom. The molecule has 0 fully saturated rings. The van der Waals surface area contributed by atoms with Gasteiger partial charge in [-0.2, -0.15) is 21.6 Å². The van der Waals surface area contributed by atoms with Crippen LogP contribution in [-0.4, -0.2) is 50.6 Å². The van der Waals surface area contributed by atoms with Gasteiger partial charge in [-0.3, -0.25) is 4.90 Å². The number of nitrogens with zero attached hydrogens (tertiary/aromatic N) is 1. The van der Waals surface area contributed by atoms with Crippen molar-refractivity contribution in [2.75, 3.05) is 13.7 Å². The molecule has 0 N–H and O–H groups in total. The lowest BCUT2D eigenvalue weighted by Crippen LogP contribution is -2.42. The van der Waals surface area contributed by atoms with Gasteiger partial charge < -0.3 is 13.7 Å². The Morgan fingerprint density at radius 3 is 2.41 bits per heavy atom. The molecular weight excluding hydrogens is 395 g/mol. The molecule has 0 unspecified atom stereocenters. The molecule has 1 aliphatic rings. The third kappa shape index (κ3) is 4.90. The number of hydrogen-bond donors (Lipinski definition) is 0. The van der Waals surface area contributed by atoms with Crippen molar-refractivity contribution in [3.8, 4) is 0 Å². The Kier molecular flexibility index (Phi) is 5.98. The van der Waals surface area contributed by atoms with E-state index in [1.54, 1.807) is 30.3 Å². The number of benzene rings is 1. The smallest absolute Gasteiger partial charge is 0.467 e. The van der Waals surface area contributed by atoms with Gasteiger partial charge in [0.15, 0.2) is 6.04 Å². The molecule has 0 bridgehead atoms. The van der Waals surface area contributed by atoms with E-state index in [0.717, 1.165) is 13.2 Å². The third-order valence-corrected chi connectivity index (χ3v) is 4.39. The summed E-state index contributed by atoms with van der Waals surface area (Å²) in [5.74, 6) is -1.76. The number of halogens is 3. The highest BCUT2D eigenvalue weighted by atomic mass is 32.2. The van der Waals surface area contributed by atoms with E-state index in [2.05, 4.69) is 8.92 Å². The number of ether oxygens (including phenoxy) is 2. The van der Waals surface area contributed by atoms with E-state index < -0.39 is 46.0 Å². The Labute approximate surface area is 152 Å². The van der Waals surface area contributed by atoms with Gasteiger partial charge in [-0.25, -0.2) is 9.59 Å². The van der Waals surface area contributed by atoms with Crippen LogP contribution >= 0.6 is 0 Å². The van der Waals surface area contributed by atoms with Crippen molar-refractivity contribution in [1.29, 1.82) is 0 Å². The number of esters is 1. The predicted octanol–water partition coefficient (Wildman–Crippen LogP) is 1.93. The lowest BCUT2D eigenvalue weighted by atomic mass is 10.2. The first-order valence-electron chi connectivity index (χ1n) is 7.32. The van der Waals surface area contributed by atoms with Crippen LogP contribution in [0, 0.1) is 0 Å². The molecular formula is C15H14F3NO7S. The van der Waals surface area contributed by atoms with Crippen molar-refractivity contribution < 1.29 is 44.8 Å². The van der Waals surface area contributed by atoms with E-state index in [9.17, 15) is 31.2 Å². The summed E-state index contributed by atoms with van der Waals surface area (Å²) in [7, 11) is -4.95. The second-order valence-corrected chi connectivity index (χ2v) is 6.79. The fourth-order valence-electron chi connectivity index (χ4n) is 2.12. The summed E-state index contributed by atoms with van der Waals surface area (Å²) in [5, 5.41) is 0. The number of carbonyl (C=O) groups is 2. The standard InChI is InChI=1S/C15H14F3NO7S/c1-24-13(20)12-7-11(26-27(22,23)15(16,17)18)8-19(12)14(21)25-9-10-5-3-2-4-6-10/h2-7,12H,8-9H2,1H3/t12-/m1/s1. The zero-order chi connectivity index (χ0) is 20.2. The van der Waals surface area contributed by atoms with Crippen LogP contribution in [0.15, 0.2) is 42.2 Å². The summed E-state index contributed by atoms with van der Waals surface area (Å²) in [6, 6.07) is 6.98. The summed E-state index contributed by atoms with van der Waals surface area (Å²) >= 11 is 0. The molecule has 1 atom stereocenters. The van der Waals surface area contributed by atoms with Crippen LogP contribution in [-0.2, 0) is 35.2 Å². The molecule has 27 heavy (non-hydrogen) atoms. The van der Waals surface area contributed by atoms with E-state index in [1.165, 1.54) is 0 Å². The van der Waals surface area contributed by atoms with Crippen LogP contribution in [0.2, 0.25) is 0 Å². The average molecular weight is 409 g/mol. The van der Waals surface area contributed by atoms with Gasteiger partial charge in [0.2, 0.25) is 0 Å². The Morgan fingerprint density at radius 1 is 1.22 bits per heavy atom. The largest absolute Gasteiger partial charge is 0.534 e. The molecule has 148 valence electrons. The minimum Gasteiger partial charge on any atom is -0.467 e. The van der Waals surface area contributed by atoms with Crippen LogP contribution in [0.25, 0.3) is 0 Å². The zero-order valence-corrected chi connectivity index (χ0v) is 14.6. The quantitative estimate of drug-likeness (QED) is 0.416. The molecule has 0 spiro atoms. The summed E-state index contributed by atoms with van der Waals surface area (Å²) in [4.78, 5) is 24.7. The van der Waals surface area contributed by atoms with Crippen LogP contribution in [0.1, 0.15) is 5.56 Å². The summed E-state index contributed by atoms with van der Waals surface area (Å²) in [6.45, 7) is -0.885. The van der Waals surface area contributed by atoms with Crippen molar-refractivity contribution in [3.05, 3.63) is 47.7 Å². The number of alkyl halides is 3. The molecule has 0 saturated carbocycles. The van der Waals surface area contributed by atoms with E-state index >= 15 is 0 Å². The van der Waals surface area contributed by atoms with Crippen molar-refractivity contribution in [3.63, 3.8) is 0 Å². The molecule has 0 aromatic heterocycles. The highest BCUT2D eigenvalue weighted by Crippen LogP contribution is 2.29. The highest BCUT2D eigenvalue weighted by molar-refractivity contribution is 7.87. The van der Waals surface area contributed by atoms with Crippen LogP contribution < -0.4 is 0 Å². The number of rotatable bonds is 5. The Balaban J connectivity index is 2.12. The second kappa shape index (κ2) is 7.86. The minimum atomic E-state index is -5.94. The summed E-state index contributed by atoms with van der Waals surface area (Å²) in [6.07, 6.45) is -0.313. The summed E-state index contributed by atoms with van der Waals surface area (Å²) in [5.41, 5.74) is -5.03. The van der Waals surface area contributed by atoms with Gasteiger partial charge in [0.25, 0.3) is 0 Å². The van der Waals surface area contributed by atoms with Crippen LogP contribution in [0.3, 0.4) is 0 Å². The minimum absolute atomic E-state index is 0.166. The average Bonchev–Trinajstić information content (AvgIpc) is 3.02. The zero-order valence-electron chi connectivity index (χ0n) is 13.8. The molecule has 2 rings (SSSR count). The van der Waals surface area contributed by atoms with Gasteiger partial charge in [0, 0.05) is 0 Å². The second-order valence-electron chi connectivity index (χ2n) is 5.25. The Bertz CT molecular complexity index is 837. The molecule has 1 aliphatic heterocycles. The predicted molar refractivity (Wildman–Crippen MR) is 83.3 cm³/mol. The van der Waals surface area contributed by atoms with Gasteiger partial charge >= 0.3 is 27.7 Å². The highest BCUT2D eigenvalue weighted by Gasteiger charge is 2.50. The molecule has 1 heterocycles. The third-order valence-electron chi connectivity index (χ3n) is 3.39. The van der Waals surface area contributed by atoms with E-state index in [1.807, 2.05) is 0 Å². The Hall–Kier alpha value is -2.76. The number of carbonyl (C=O) groups excluding carboxylic acids is 2. The first-order chi connectivity index (χ1) is 12.5. The lowest BCUT2D eigenvalue weighted by molar-refractivity contribution is -0.144. The fourth-order valence-corrected chi connectivity index (χ4v) is 2.61. The fraction of sp³-hybridized carbons (Fsp3) is 0.333. The monoisotopic (exact) mass is 409 g/mol. The van der Waals surface area contributed by atoms with Gasteiger partial charge in [-0.1, -0.05) is 30.3 Å². The van der Waals surface area contributed by atoms with Gasteiger partial charge in [0.1, 0.15) is 12.4 Å². The maximum absolute atomic E-state index is 12.4. The number of methoxy groups -OCH3 is 1. The van der Waals surface area contributed by atoms with Crippen molar-refractivity contribution in [2.24, 2.45) is 0 Å². The molecule has 1 aromatic rings. The van der Waals surface area contributed by atoms with Crippen molar-refractivity contribution in [1.82, 2.24) is 4.90 Å². The normalized spacial score (nSPS) is 17.3. The first kappa shape index (κ1) is 20.6. The van der Waals surface area contributed by atoms with Crippen LogP contribution in [0.5, 0.6) is 0 Å². The summed E-state index contributed by atoms with van der Waals surface area (Å²) < 4.78 is 73.0. The molecule has 0 aliphatic carbocycles. The van der Waals surface area contributed by atoms with Gasteiger partial charge in [-0.15, -0.1) is 0 Å². The van der Waals surface area contributed by atoms with Crippen LogP contribution in [0.4, 0.5) is 18.0 Å².